The van der Waals surface area contributed by atoms with Gasteiger partial charge in [-0.25, -0.2) is 5.48 Å². The van der Waals surface area contributed by atoms with E-state index in [1.807, 2.05) is 0 Å². The first-order valence-corrected chi connectivity index (χ1v) is 8.15. The Balaban J connectivity index is 2.75. The fraction of sp³-hybridized carbons (Fsp3) is 0.316. The molecular weight excluding hydrogens is 366 g/mol. The predicted molar refractivity (Wildman–Crippen MR) is 98.8 cm³/mol. The fourth-order valence-corrected chi connectivity index (χ4v) is 1.91. The standard InChI is InChI=1S/C19H21N3O6/c1-20-18(25)16(19(26)22-27)21-17(24)14-10-8-13(9-11-14)6-4-3-5-7-15(12-23)28-2/h8-11,15-16,23,27H,7,12H2,1-2H3,(H,20,25)(H,21,24)(H,22,26). The van der Waals surface area contributed by atoms with Gasteiger partial charge in [-0.3, -0.25) is 19.6 Å². The molecule has 0 fully saturated rings. The van der Waals surface area contributed by atoms with Crippen LogP contribution >= 0.6 is 0 Å². The van der Waals surface area contributed by atoms with Crippen molar-refractivity contribution in [1.29, 1.82) is 0 Å². The van der Waals surface area contributed by atoms with Crippen LogP contribution in [0.2, 0.25) is 0 Å². The highest BCUT2D eigenvalue weighted by atomic mass is 16.5. The molecule has 0 saturated heterocycles. The summed E-state index contributed by atoms with van der Waals surface area (Å²) in [6, 6.07) is 4.52. The average molecular weight is 387 g/mol. The van der Waals surface area contributed by atoms with Gasteiger partial charge in [0.2, 0.25) is 0 Å². The molecule has 1 aromatic rings. The van der Waals surface area contributed by atoms with Crippen LogP contribution in [0.3, 0.4) is 0 Å². The molecule has 9 heteroatoms. The van der Waals surface area contributed by atoms with Crippen molar-refractivity contribution >= 4 is 17.7 Å². The van der Waals surface area contributed by atoms with Crippen LogP contribution in [-0.4, -0.2) is 60.9 Å². The number of amides is 3. The summed E-state index contributed by atoms with van der Waals surface area (Å²) in [4.78, 5) is 35.3. The van der Waals surface area contributed by atoms with Gasteiger partial charge >= 0.3 is 0 Å². The second-order valence-corrected chi connectivity index (χ2v) is 5.37. The van der Waals surface area contributed by atoms with Gasteiger partial charge in [0.1, 0.15) is 0 Å². The van der Waals surface area contributed by atoms with Crippen molar-refractivity contribution in [2.75, 3.05) is 20.8 Å². The van der Waals surface area contributed by atoms with Crippen molar-refractivity contribution in [3.05, 3.63) is 35.4 Å². The largest absolute Gasteiger partial charge is 0.394 e. The van der Waals surface area contributed by atoms with E-state index in [9.17, 15) is 14.4 Å². The summed E-state index contributed by atoms with van der Waals surface area (Å²) < 4.78 is 4.97. The number of nitrogens with one attached hydrogen (secondary N) is 3. The molecule has 3 amide bonds. The zero-order chi connectivity index (χ0) is 20.9. The molecule has 0 aliphatic heterocycles. The van der Waals surface area contributed by atoms with E-state index >= 15 is 0 Å². The molecule has 0 aromatic heterocycles. The van der Waals surface area contributed by atoms with Crippen molar-refractivity contribution in [2.24, 2.45) is 0 Å². The first-order chi connectivity index (χ1) is 13.5. The molecule has 2 atom stereocenters. The maximum Gasteiger partial charge on any atom is 0.275 e. The highest BCUT2D eigenvalue weighted by Crippen LogP contribution is 2.04. The third kappa shape index (κ3) is 7.09. The maximum atomic E-state index is 12.2. The monoisotopic (exact) mass is 387 g/mol. The lowest BCUT2D eigenvalue weighted by Crippen LogP contribution is -2.54. The number of hydrogen-bond donors (Lipinski definition) is 5. The number of aliphatic hydroxyl groups is 1. The van der Waals surface area contributed by atoms with Crippen LogP contribution in [0, 0.1) is 23.7 Å². The van der Waals surface area contributed by atoms with Gasteiger partial charge in [-0.1, -0.05) is 11.8 Å². The molecule has 9 nitrogen and oxygen atoms in total. The molecule has 0 radical (unpaired) electrons. The lowest BCUT2D eigenvalue weighted by molar-refractivity contribution is -0.137. The summed E-state index contributed by atoms with van der Waals surface area (Å²) >= 11 is 0. The smallest absolute Gasteiger partial charge is 0.275 e. The highest BCUT2D eigenvalue weighted by molar-refractivity contribution is 6.08. The van der Waals surface area contributed by atoms with E-state index in [2.05, 4.69) is 34.3 Å². The van der Waals surface area contributed by atoms with Crippen LogP contribution in [0.15, 0.2) is 24.3 Å². The SMILES string of the molecule is CNC(=O)C(NC(=O)c1ccc(C#CC#CCC(CO)OC)cc1)C(=O)NO. The minimum absolute atomic E-state index is 0.122. The molecule has 0 saturated carbocycles. The van der Waals surface area contributed by atoms with Crippen LogP contribution in [0.25, 0.3) is 0 Å². The van der Waals surface area contributed by atoms with Crippen molar-refractivity contribution in [3.63, 3.8) is 0 Å². The number of methoxy groups -OCH3 is 1. The zero-order valence-corrected chi connectivity index (χ0v) is 15.4. The second-order valence-electron chi connectivity index (χ2n) is 5.37. The van der Waals surface area contributed by atoms with Gasteiger partial charge in [0.05, 0.1) is 12.7 Å². The Bertz CT molecular complexity index is 794. The number of ether oxygens (including phenoxy) is 1. The molecule has 28 heavy (non-hydrogen) atoms. The van der Waals surface area contributed by atoms with Crippen molar-refractivity contribution in [1.82, 2.24) is 16.1 Å². The molecule has 148 valence electrons. The van der Waals surface area contributed by atoms with E-state index in [4.69, 9.17) is 15.1 Å². The third-order valence-corrected chi connectivity index (χ3v) is 3.53. The number of hydroxylamine groups is 1. The Morgan fingerprint density at radius 1 is 1.14 bits per heavy atom. The van der Waals surface area contributed by atoms with E-state index in [1.54, 1.807) is 12.1 Å². The Kier molecular flexibility index (Phi) is 9.79. The van der Waals surface area contributed by atoms with E-state index in [1.165, 1.54) is 31.8 Å². The summed E-state index contributed by atoms with van der Waals surface area (Å²) in [6.45, 7) is -0.122. The molecule has 0 heterocycles. The number of likely N-dealkylation sites (N-methyl/N-ethyl adjacent to an activating group) is 1. The Morgan fingerprint density at radius 3 is 2.36 bits per heavy atom. The molecular formula is C19H21N3O6. The molecule has 1 rings (SSSR count). The third-order valence-electron chi connectivity index (χ3n) is 3.53. The molecule has 0 bridgehead atoms. The quantitative estimate of drug-likeness (QED) is 0.172. The van der Waals surface area contributed by atoms with Crippen molar-refractivity contribution in [3.8, 4) is 23.7 Å². The summed E-state index contributed by atoms with van der Waals surface area (Å²) in [5, 5.41) is 22.1. The summed E-state index contributed by atoms with van der Waals surface area (Å²) in [5.74, 6) is 8.34. The van der Waals surface area contributed by atoms with Gasteiger partial charge < -0.3 is 20.5 Å². The van der Waals surface area contributed by atoms with E-state index in [0.717, 1.165) is 0 Å². The molecule has 0 aliphatic carbocycles. The van der Waals surface area contributed by atoms with Crippen LogP contribution in [-0.2, 0) is 14.3 Å². The van der Waals surface area contributed by atoms with Crippen molar-refractivity contribution in [2.45, 2.75) is 18.6 Å². The number of aliphatic hydroxyl groups excluding tert-OH is 1. The first-order valence-electron chi connectivity index (χ1n) is 8.15. The molecule has 0 aliphatic rings. The van der Waals surface area contributed by atoms with E-state index in [-0.39, 0.29) is 18.3 Å². The topological polar surface area (TPSA) is 137 Å². The van der Waals surface area contributed by atoms with Crippen molar-refractivity contribution < 1.29 is 29.4 Å². The van der Waals surface area contributed by atoms with Crippen LogP contribution < -0.4 is 16.1 Å². The Morgan fingerprint density at radius 2 is 1.82 bits per heavy atom. The highest BCUT2D eigenvalue weighted by Gasteiger charge is 2.27. The van der Waals surface area contributed by atoms with Gasteiger partial charge in [0.25, 0.3) is 17.7 Å². The van der Waals surface area contributed by atoms with Gasteiger partial charge in [0.15, 0.2) is 6.04 Å². The number of hydrogen-bond acceptors (Lipinski definition) is 6. The van der Waals surface area contributed by atoms with Gasteiger partial charge in [-0.15, -0.1) is 0 Å². The average Bonchev–Trinajstić information content (AvgIpc) is 2.73. The molecule has 0 spiro atoms. The van der Waals surface area contributed by atoms with E-state index < -0.39 is 23.8 Å². The summed E-state index contributed by atoms with van der Waals surface area (Å²) in [7, 11) is 2.78. The van der Waals surface area contributed by atoms with Gasteiger partial charge in [0, 0.05) is 31.7 Å². The molecule has 5 N–H and O–H groups in total. The van der Waals surface area contributed by atoms with Crippen LogP contribution in [0.1, 0.15) is 22.3 Å². The lowest BCUT2D eigenvalue weighted by atomic mass is 10.1. The minimum atomic E-state index is -1.58. The Labute approximate surface area is 162 Å². The minimum Gasteiger partial charge on any atom is -0.394 e. The van der Waals surface area contributed by atoms with Crippen LogP contribution in [0.4, 0.5) is 0 Å². The van der Waals surface area contributed by atoms with Gasteiger partial charge in [-0.2, -0.15) is 0 Å². The lowest BCUT2D eigenvalue weighted by Gasteiger charge is -2.15. The first kappa shape index (κ1) is 22.7. The number of carbonyl (C=O) groups is 3. The molecule has 2 unspecified atom stereocenters. The number of rotatable bonds is 7. The number of carbonyl (C=O) groups excluding carboxylic acids is 3. The Hall–Kier alpha value is -3.37. The maximum absolute atomic E-state index is 12.2. The summed E-state index contributed by atoms with van der Waals surface area (Å²) in [6.07, 6.45) is 0.00737. The number of benzene rings is 1. The fourth-order valence-electron chi connectivity index (χ4n) is 1.91. The molecule has 1 aromatic carbocycles. The van der Waals surface area contributed by atoms with E-state index in [0.29, 0.717) is 12.0 Å². The normalized spacial score (nSPS) is 11.6. The predicted octanol–water partition coefficient (Wildman–Crippen LogP) is -1.21. The van der Waals surface area contributed by atoms with Crippen LogP contribution in [0.5, 0.6) is 0 Å². The second kappa shape index (κ2) is 12.1. The summed E-state index contributed by atoms with van der Waals surface area (Å²) in [5.41, 5.74) is 2.13. The zero-order valence-electron chi connectivity index (χ0n) is 15.4. The van der Waals surface area contributed by atoms with Gasteiger partial charge in [-0.05, 0) is 36.1 Å².